The van der Waals surface area contributed by atoms with Crippen LogP contribution >= 0.6 is 11.6 Å². The molecule has 0 spiro atoms. The SMILES string of the molecule is CCN(C(=O)c1cc(Cl)c[nH]1)C1CC2CCC(C1)N2. The van der Waals surface area contributed by atoms with E-state index in [-0.39, 0.29) is 5.91 Å². The molecule has 2 atom stereocenters. The predicted molar refractivity (Wildman–Crippen MR) is 75.5 cm³/mol. The lowest BCUT2D eigenvalue weighted by Gasteiger charge is -2.37. The van der Waals surface area contributed by atoms with Gasteiger partial charge in [0.15, 0.2) is 0 Å². The lowest BCUT2D eigenvalue weighted by Crippen LogP contribution is -2.50. The molecule has 19 heavy (non-hydrogen) atoms. The van der Waals surface area contributed by atoms with Crippen LogP contribution in [0.15, 0.2) is 12.3 Å². The van der Waals surface area contributed by atoms with Crippen LogP contribution in [0.3, 0.4) is 0 Å². The fourth-order valence-electron chi connectivity index (χ4n) is 3.50. The summed E-state index contributed by atoms with van der Waals surface area (Å²) in [4.78, 5) is 17.5. The van der Waals surface area contributed by atoms with Gasteiger partial charge in [0.25, 0.3) is 5.91 Å². The number of hydrogen-bond acceptors (Lipinski definition) is 2. The highest BCUT2D eigenvalue weighted by molar-refractivity contribution is 6.30. The maximum absolute atomic E-state index is 12.5. The van der Waals surface area contributed by atoms with Gasteiger partial charge in [-0.15, -0.1) is 0 Å². The van der Waals surface area contributed by atoms with Crippen molar-refractivity contribution in [2.75, 3.05) is 6.54 Å². The average Bonchev–Trinajstić information content (AvgIpc) is 2.97. The van der Waals surface area contributed by atoms with Crippen molar-refractivity contribution in [3.8, 4) is 0 Å². The van der Waals surface area contributed by atoms with E-state index in [2.05, 4.69) is 10.3 Å². The molecule has 3 heterocycles. The maximum atomic E-state index is 12.5. The molecule has 2 aliphatic heterocycles. The Balaban J connectivity index is 1.75. The van der Waals surface area contributed by atoms with Crippen molar-refractivity contribution in [3.63, 3.8) is 0 Å². The zero-order valence-corrected chi connectivity index (χ0v) is 11.9. The summed E-state index contributed by atoms with van der Waals surface area (Å²) < 4.78 is 0. The molecular weight excluding hydrogens is 262 g/mol. The quantitative estimate of drug-likeness (QED) is 0.894. The van der Waals surface area contributed by atoms with Crippen molar-refractivity contribution >= 4 is 17.5 Å². The number of nitrogens with one attached hydrogen (secondary N) is 2. The van der Waals surface area contributed by atoms with Crippen molar-refractivity contribution < 1.29 is 4.79 Å². The van der Waals surface area contributed by atoms with E-state index in [9.17, 15) is 4.79 Å². The number of aromatic nitrogens is 1. The number of piperidine rings is 1. The summed E-state index contributed by atoms with van der Waals surface area (Å²) >= 11 is 5.88. The van der Waals surface area contributed by atoms with Gasteiger partial charge in [0.1, 0.15) is 5.69 Å². The van der Waals surface area contributed by atoms with Crippen molar-refractivity contribution in [3.05, 3.63) is 23.0 Å². The second-order valence-corrected chi connectivity index (χ2v) is 6.02. The average molecular weight is 282 g/mol. The number of hydrogen-bond donors (Lipinski definition) is 2. The summed E-state index contributed by atoms with van der Waals surface area (Å²) in [6.45, 7) is 2.80. The Kier molecular flexibility index (Phi) is 3.54. The molecule has 5 heteroatoms. The summed E-state index contributed by atoms with van der Waals surface area (Å²) in [6.07, 6.45) is 6.31. The molecule has 1 amide bonds. The third kappa shape index (κ3) is 2.51. The number of halogens is 1. The third-order valence-electron chi connectivity index (χ3n) is 4.37. The zero-order chi connectivity index (χ0) is 13.4. The maximum Gasteiger partial charge on any atom is 0.270 e. The first-order valence-corrected chi connectivity index (χ1v) is 7.46. The lowest BCUT2D eigenvalue weighted by atomic mass is 9.98. The van der Waals surface area contributed by atoms with Crippen LogP contribution in [-0.4, -0.2) is 40.5 Å². The first-order valence-electron chi connectivity index (χ1n) is 7.08. The van der Waals surface area contributed by atoms with E-state index in [1.807, 2.05) is 11.8 Å². The summed E-state index contributed by atoms with van der Waals surface area (Å²) in [6, 6.07) is 3.26. The second-order valence-electron chi connectivity index (χ2n) is 5.59. The summed E-state index contributed by atoms with van der Waals surface area (Å²) in [7, 11) is 0. The van der Waals surface area contributed by atoms with Gasteiger partial charge < -0.3 is 15.2 Å². The first kappa shape index (κ1) is 13.0. The molecule has 2 saturated heterocycles. The van der Waals surface area contributed by atoms with Crippen LogP contribution in [0.4, 0.5) is 0 Å². The molecule has 104 valence electrons. The molecule has 2 N–H and O–H groups in total. The highest BCUT2D eigenvalue weighted by Crippen LogP contribution is 2.30. The van der Waals surface area contributed by atoms with Crippen LogP contribution in [0.1, 0.15) is 43.1 Å². The van der Waals surface area contributed by atoms with E-state index in [0.29, 0.717) is 28.8 Å². The fourth-order valence-corrected chi connectivity index (χ4v) is 3.66. The number of nitrogens with zero attached hydrogens (tertiary/aromatic N) is 1. The molecule has 0 aromatic carbocycles. The molecule has 0 aliphatic carbocycles. The van der Waals surface area contributed by atoms with Gasteiger partial charge in [0.2, 0.25) is 0 Å². The number of carbonyl (C=O) groups is 1. The molecular formula is C14H20ClN3O. The van der Waals surface area contributed by atoms with E-state index in [1.165, 1.54) is 12.8 Å². The minimum Gasteiger partial charge on any atom is -0.356 e. The van der Waals surface area contributed by atoms with Gasteiger partial charge in [0.05, 0.1) is 5.02 Å². The van der Waals surface area contributed by atoms with E-state index in [0.717, 1.165) is 19.4 Å². The Morgan fingerprint density at radius 1 is 1.42 bits per heavy atom. The minimum absolute atomic E-state index is 0.0701. The van der Waals surface area contributed by atoms with Crippen LogP contribution in [-0.2, 0) is 0 Å². The molecule has 1 aromatic rings. The normalized spacial score (nSPS) is 29.5. The molecule has 2 aliphatic rings. The van der Waals surface area contributed by atoms with Crippen LogP contribution in [0.25, 0.3) is 0 Å². The Bertz CT molecular complexity index is 461. The highest BCUT2D eigenvalue weighted by atomic mass is 35.5. The Labute approximate surface area is 118 Å². The van der Waals surface area contributed by atoms with E-state index in [1.54, 1.807) is 12.3 Å². The fraction of sp³-hybridized carbons (Fsp3) is 0.643. The Morgan fingerprint density at radius 3 is 2.63 bits per heavy atom. The van der Waals surface area contributed by atoms with Gasteiger partial charge in [-0.25, -0.2) is 0 Å². The van der Waals surface area contributed by atoms with Crippen molar-refractivity contribution in [2.45, 2.75) is 50.7 Å². The van der Waals surface area contributed by atoms with Gasteiger partial charge in [-0.05, 0) is 38.7 Å². The topological polar surface area (TPSA) is 48.1 Å². The predicted octanol–water partition coefficient (Wildman–Crippen LogP) is 2.41. The number of rotatable bonds is 3. The summed E-state index contributed by atoms with van der Waals surface area (Å²) in [5.41, 5.74) is 0.595. The van der Waals surface area contributed by atoms with Crippen molar-refractivity contribution in [2.24, 2.45) is 0 Å². The van der Waals surface area contributed by atoms with Crippen LogP contribution < -0.4 is 5.32 Å². The Morgan fingerprint density at radius 2 is 2.11 bits per heavy atom. The molecule has 4 nitrogen and oxygen atoms in total. The van der Waals surface area contributed by atoms with Crippen molar-refractivity contribution in [1.29, 1.82) is 0 Å². The first-order chi connectivity index (χ1) is 9.17. The molecule has 1 aromatic heterocycles. The smallest absolute Gasteiger partial charge is 0.270 e. The zero-order valence-electron chi connectivity index (χ0n) is 11.2. The third-order valence-corrected chi connectivity index (χ3v) is 4.59. The number of fused-ring (bicyclic) bond motifs is 2. The number of carbonyl (C=O) groups excluding carboxylic acids is 1. The molecule has 0 radical (unpaired) electrons. The highest BCUT2D eigenvalue weighted by Gasteiger charge is 2.37. The number of aromatic amines is 1. The standard InChI is InChI=1S/C14H20ClN3O/c1-2-18(14(19)13-5-9(15)8-16-13)12-6-10-3-4-11(7-12)17-10/h5,8,10-12,16-17H,2-4,6-7H2,1H3. The molecule has 2 unspecified atom stereocenters. The molecule has 0 saturated carbocycles. The number of H-pyrrole nitrogens is 1. The minimum atomic E-state index is 0.0701. The van der Waals surface area contributed by atoms with Crippen LogP contribution in [0, 0.1) is 0 Å². The van der Waals surface area contributed by atoms with E-state index >= 15 is 0 Å². The summed E-state index contributed by atoms with van der Waals surface area (Å²) in [5.74, 6) is 0.0701. The van der Waals surface area contributed by atoms with Gasteiger partial charge in [-0.3, -0.25) is 4.79 Å². The Hall–Kier alpha value is -1.00. The van der Waals surface area contributed by atoms with Crippen LogP contribution in [0.5, 0.6) is 0 Å². The van der Waals surface area contributed by atoms with Gasteiger partial charge in [-0.1, -0.05) is 11.6 Å². The van der Waals surface area contributed by atoms with Crippen molar-refractivity contribution in [1.82, 2.24) is 15.2 Å². The monoisotopic (exact) mass is 281 g/mol. The lowest BCUT2D eigenvalue weighted by molar-refractivity contribution is 0.0626. The second kappa shape index (κ2) is 5.17. The largest absolute Gasteiger partial charge is 0.356 e. The molecule has 2 fully saturated rings. The summed E-state index contributed by atoms with van der Waals surface area (Å²) in [5, 5.41) is 4.20. The van der Waals surface area contributed by atoms with Gasteiger partial charge in [0, 0.05) is 30.9 Å². The van der Waals surface area contributed by atoms with Gasteiger partial charge >= 0.3 is 0 Å². The molecule has 3 rings (SSSR count). The molecule has 2 bridgehead atoms. The number of amides is 1. The van der Waals surface area contributed by atoms with Crippen LogP contribution in [0.2, 0.25) is 5.02 Å². The van der Waals surface area contributed by atoms with E-state index in [4.69, 9.17) is 11.6 Å². The van der Waals surface area contributed by atoms with Gasteiger partial charge in [-0.2, -0.15) is 0 Å². The van der Waals surface area contributed by atoms with E-state index < -0.39 is 0 Å².